The highest BCUT2D eigenvalue weighted by Gasteiger charge is 2.30. The van der Waals surface area contributed by atoms with E-state index in [1.165, 1.54) is 11.3 Å². The van der Waals surface area contributed by atoms with E-state index in [1.807, 2.05) is 12.3 Å². The summed E-state index contributed by atoms with van der Waals surface area (Å²) in [5.74, 6) is -0.113. The largest absolute Gasteiger partial charge is 0.345 e. The Kier molecular flexibility index (Phi) is 3.42. The van der Waals surface area contributed by atoms with Gasteiger partial charge in [-0.1, -0.05) is 0 Å². The van der Waals surface area contributed by atoms with E-state index in [4.69, 9.17) is 0 Å². The Bertz CT molecular complexity index is 418. The molecule has 0 aromatic carbocycles. The van der Waals surface area contributed by atoms with Crippen molar-refractivity contribution >= 4 is 23.2 Å². The van der Waals surface area contributed by atoms with Gasteiger partial charge in [-0.05, 0) is 13.8 Å². The maximum atomic E-state index is 12.1. The minimum atomic E-state index is -0.451. The van der Waals surface area contributed by atoms with Crippen LogP contribution in [0.25, 0.3) is 0 Å². The van der Waals surface area contributed by atoms with E-state index in [0.717, 1.165) is 5.01 Å². The maximum Gasteiger partial charge on any atom is 0.245 e. The first-order chi connectivity index (χ1) is 8.09. The third kappa shape index (κ3) is 2.46. The van der Waals surface area contributed by atoms with Crippen LogP contribution in [0.15, 0.2) is 11.6 Å². The van der Waals surface area contributed by atoms with Crippen LogP contribution < -0.4 is 5.32 Å². The van der Waals surface area contributed by atoms with Crippen molar-refractivity contribution in [1.29, 1.82) is 0 Å². The highest BCUT2D eigenvalue weighted by molar-refractivity contribution is 7.09. The minimum Gasteiger partial charge on any atom is -0.345 e. The number of carbonyl (C=O) groups excluding carboxylic acids is 2. The number of hydrogen-bond donors (Lipinski definition) is 1. The SMILES string of the molecule is CC1NC(=O)CCN(C(C)c2nccs2)C1=O. The van der Waals surface area contributed by atoms with Gasteiger partial charge in [0, 0.05) is 24.5 Å². The second kappa shape index (κ2) is 4.83. The van der Waals surface area contributed by atoms with Crippen molar-refractivity contribution < 1.29 is 9.59 Å². The smallest absolute Gasteiger partial charge is 0.245 e. The molecule has 6 heteroatoms. The zero-order valence-electron chi connectivity index (χ0n) is 9.84. The van der Waals surface area contributed by atoms with Crippen LogP contribution in [0.1, 0.15) is 31.3 Å². The number of amides is 2. The number of nitrogens with one attached hydrogen (secondary N) is 1. The van der Waals surface area contributed by atoms with Gasteiger partial charge in [-0.15, -0.1) is 11.3 Å². The normalized spacial score (nSPS) is 23.2. The van der Waals surface area contributed by atoms with Crippen molar-refractivity contribution in [3.63, 3.8) is 0 Å². The molecule has 0 radical (unpaired) electrons. The first kappa shape index (κ1) is 12.0. The number of thiazole rings is 1. The molecule has 1 fully saturated rings. The molecule has 1 aliphatic heterocycles. The van der Waals surface area contributed by atoms with Gasteiger partial charge in [0.2, 0.25) is 11.8 Å². The summed E-state index contributed by atoms with van der Waals surface area (Å²) >= 11 is 1.53. The van der Waals surface area contributed by atoms with Crippen molar-refractivity contribution in [2.75, 3.05) is 6.54 Å². The molecular weight excluding hydrogens is 238 g/mol. The first-order valence-electron chi connectivity index (χ1n) is 5.59. The average molecular weight is 253 g/mol. The van der Waals surface area contributed by atoms with Crippen molar-refractivity contribution in [2.45, 2.75) is 32.4 Å². The zero-order valence-corrected chi connectivity index (χ0v) is 10.7. The van der Waals surface area contributed by atoms with Crippen LogP contribution in [0.2, 0.25) is 0 Å². The number of carbonyl (C=O) groups is 2. The molecule has 1 aromatic rings. The van der Waals surface area contributed by atoms with Crippen LogP contribution in [-0.4, -0.2) is 34.3 Å². The van der Waals surface area contributed by atoms with Crippen LogP contribution in [0.4, 0.5) is 0 Å². The van der Waals surface area contributed by atoms with Gasteiger partial charge in [0.1, 0.15) is 11.0 Å². The molecule has 1 saturated heterocycles. The van der Waals surface area contributed by atoms with E-state index in [0.29, 0.717) is 13.0 Å². The van der Waals surface area contributed by atoms with Gasteiger partial charge in [-0.2, -0.15) is 0 Å². The van der Waals surface area contributed by atoms with E-state index in [-0.39, 0.29) is 17.9 Å². The van der Waals surface area contributed by atoms with Gasteiger partial charge in [0.15, 0.2) is 0 Å². The van der Waals surface area contributed by atoms with Gasteiger partial charge in [-0.3, -0.25) is 9.59 Å². The Labute approximate surface area is 104 Å². The average Bonchev–Trinajstić information content (AvgIpc) is 2.77. The Morgan fingerprint density at radius 3 is 3.00 bits per heavy atom. The second-order valence-electron chi connectivity index (χ2n) is 4.12. The lowest BCUT2D eigenvalue weighted by molar-refractivity contribution is -0.134. The lowest BCUT2D eigenvalue weighted by atomic mass is 10.2. The molecule has 2 unspecified atom stereocenters. The van der Waals surface area contributed by atoms with Crippen LogP contribution >= 0.6 is 11.3 Å². The molecule has 0 bridgehead atoms. The summed E-state index contributed by atoms with van der Waals surface area (Å²) in [5, 5.41) is 5.47. The Morgan fingerprint density at radius 1 is 1.59 bits per heavy atom. The summed E-state index contributed by atoms with van der Waals surface area (Å²) in [6.45, 7) is 4.11. The summed E-state index contributed by atoms with van der Waals surface area (Å²) in [6, 6.07) is -0.523. The van der Waals surface area contributed by atoms with Crippen LogP contribution in [-0.2, 0) is 9.59 Å². The maximum absolute atomic E-state index is 12.1. The topological polar surface area (TPSA) is 62.3 Å². The van der Waals surface area contributed by atoms with E-state index >= 15 is 0 Å². The fourth-order valence-corrected chi connectivity index (χ4v) is 2.62. The molecule has 1 N–H and O–H groups in total. The highest BCUT2D eigenvalue weighted by Crippen LogP contribution is 2.23. The summed E-state index contributed by atoms with van der Waals surface area (Å²) in [6.07, 6.45) is 2.08. The van der Waals surface area contributed by atoms with Gasteiger partial charge < -0.3 is 10.2 Å². The molecule has 2 amide bonds. The van der Waals surface area contributed by atoms with Crippen LogP contribution in [0.3, 0.4) is 0 Å². The fraction of sp³-hybridized carbons (Fsp3) is 0.545. The molecule has 17 heavy (non-hydrogen) atoms. The van der Waals surface area contributed by atoms with Crippen molar-refractivity contribution in [2.24, 2.45) is 0 Å². The summed E-state index contributed by atoms with van der Waals surface area (Å²) in [5.41, 5.74) is 0. The Hall–Kier alpha value is -1.43. The summed E-state index contributed by atoms with van der Waals surface area (Å²) < 4.78 is 0. The van der Waals surface area contributed by atoms with Gasteiger partial charge >= 0.3 is 0 Å². The fourth-order valence-electron chi connectivity index (χ4n) is 1.91. The molecular formula is C11H15N3O2S. The number of hydrogen-bond acceptors (Lipinski definition) is 4. The second-order valence-corrected chi connectivity index (χ2v) is 5.04. The third-order valence-corrected chi connectivity index (χ3v) is 3.83. The molecule has 2 atom stereocenters. The van der Waals surface area contributed by atoms with Crippen LogP contribution in [0, 0.1) is 0 Å². The molecule has 92 valence electrons. The summed E-state index contributed by atoms with van der Waals surface area (Å²) in [4.78, 5) is 29.4. The minimum absolute atomic E-state index is 0.0430. The lowest BCUT2D eigenvalue weighted by Gasteiger charge is -2.27. The monoisotopic (exact) mass is 253 g/mol. The van der Waals surface area contributed by atoms with Gasteiger partial charge in [-0.25, -0.2) is 4.98 Å². The molecule has 1 aromatic heterocycles. The van der Waals surface area contributed by atoms with E-state index in [9.17, 15) is 9.59 Å². The molecule has 0 spiro atoms. The molecule has 0 aliphatic carbocycles. The predicted molar refractivity (Wildman–Crippen MR) is 64.5 cm³/mol. The van der Waals surface area contributed by atoms with Crippen molar-refractivity contribution in [3.05, 3.63) is 16.6 Å². The van der Waals surface area contributed by atoms with E-state index < -0.39 is 6.04 Å². The highest BCUT2D eigenvalue weighted by atomic mass is 32.1. The van der Waals surface area contributed by atoms with E-state index in [2.05, 4.69) is 10.3 Å². The standard InChI is InChI=1S/C11H15N3O2S/c1-7-11(16)14(5-3-9(15)13-7)8(2)10-12-4-6-17-10/h4,6-8H,3,5H2,1-2H3,(H,13,15). The summed E-state index contributed by atoms with van der Waals surface area (Å²) in [7, 11) is 0. The molecule has 2 rings (SSSR count). The van der Waals surface area contributed by atoms with E-state index in [1.54, 1.807) is 18.0 Å². The van der Waals surface area contributed by atoms with Gasteiger partial charge in [0.05, 0.1) is 6.04 Å². The number of nitrogens with zero attached hydrogens (tertiary/aromatic N) is 2. The third-order valence-electron chi connectivity index (χ3n) is 2.89. The quantitative estimate of drug-likeness (QED) is 0.853. The zero-order chi connectivity index (χ0) is 12.4. The number of aromatic nitrogens is 1. The Balaban J connectivity index is 2.19. The molecule has 2 heterocycles. The Morgan fingerprint density at radius 2 is 2.35 bits per heavy atom. The molecule has 1 aliphatic rings. The van der Waals surface area contributed by atoms with Crippen LogP contribution in [0.5, 0.6) is 0 Å². The molecule has 0 saturated carbocycles. The number of rotatable bonds is 2. The first-order valence-corrected chi connectivity index (χ1v) is 6.47. The predicted octanol–water partition coefficient (Wildman–Crippen LogP) is 0.941. The molecule has 5 nitrogen and oxygen atoms in total. The van der Waals surface area contributed by atoms with Crippen molar-refractivity contribution in [3.8, 4) is 0 Å². The lowest BCUT2D eigenvalue weighted by Crippen LogP contribution is -2.43. The van der Waals surface area contributed by atoms with Crippen molar-refractivity contribution in [1.82, 2.24) is 15.2 Å². The van der Waals surface area contributed by atoms with Gasteiger partial charge in [0.25, 0.3) is 0 Å².